The van der Waals surface area contributed by atoms with Gasteiger partial charge in [0.1, 0.15) is 0 Å². The standard InChI is InChI=1S/C18H31N3O3/c1-12-3-5-13(6-4-12)21(14-7-8-14)17(22)11-20-10-15(24-2)9-16(20)18(19)23/h12-16H,3-11H2,1-2H3,(H2,19,23)/t12?,13?,15-,16-/m0/s1. The Hall–Kier alpha value is -1.14. The van der Waals surface area contributed by atoms with Crippen LogP contribution in [0.2, 0.25) is 0 Å². The highest BCUT2D eigenvalue weighted by molar-refractivity contribution is 5.83. The van der Waals surface area contributed by atoms with Crippen LogP contribution in [0.5, 0.6) is 0 Å². The molecule has 0 unspecified atom stereocenters. The smallest absolute Gasteiger partial charge is 0.237 e. The number of nitrogens with two attached hydrogens (primary N) is 1. The predicted octanol–water partition coefficient (Wildman–Crippen LogP) is 1.13. The van der Waals surface area contributed by atoms with Crippen LogP contribution in [-0.2, 0) is 14.3 Å². The summed E-state index contributed by atoms with van der Waals surface area (Å²) in [5.74, 6) is 0.588. The van der Waals surface area contributed by atoms with E-state index in [9.17, 15) is 9.59 Å². The molecule has 2 aliphatic carbocycles. The van der Waals surface area contributed by atoms with Crippen LogP contribution in [0.3, 0.4) is 0 Å². The van der Waals surface area contributed by atoms with Crippen LogP contribution < -0.4 is 5.73 Å². The van der Waals surface area contributed by atoms with Gasteiger partial charge in [-0.3, -0.25) is 14.5 Å². The molecule has 6 heteroatoms. The monoisotopic (exact) mass is 337 g/mol. The molecule has 0 aromatic heterocycles. The van der Waals surface area contributed by atoms with Gasteiger partial charge in [0.2, 0.25) is 11.8 Å². The number of carbonyl (C=O) groups excluding carboxylic acids is 2. The minimum atomic E-state index is -0.383. The lowest BCUT2D eigenvalue weighted by Crippen LogP contribution is -2.50. The number of nitrogens with zero attached hydrogens (tertiary/aromatic N) is 2. The summed E-state index contributed by atoms with van der Waals surface area (Å²) in [7, 11) is 1.65. The topological polar surface area (TPSA) is 75.9 Å². The van der Waals surface area contributed by atoms with Gasteiger partial charge in [-0.1, -0.05) is 6.92 Å². The van der Waals surface area contributed by atoms with Gasteiger partial charge in [-0.25, -0.2) is 0 Å². The van der Waals surface area contributed by atoms with Crippen molar-refractivity contribution in [3.8, 4) is 0 Å². The summed E-state index contributed by atoms with van der Waals surface area (Å²) in [6.07, 6.45) is 7.47. The summed E-state index contributed by atoms with van der Waals surface area (Å²) in [5.41, 5.74) is 5.53. The highest BCUT2D eigenvalue weighted by Gasteiger charge is 2.42. The molecule has 6 nitrogen and oxygen atoms in total. The number of primary amides is 1. The van der Waals surface area contributed by atoms with Crippen LogP contribution in [0.4, 0.5) is 0 Å². The molecule has 0 radical (unpaired) electrons. The van der Waals surface area contributed by atoms with Crippen molar-refractivity contribution >= 4 is 11.8 Å². The van der Waals surface area contributed by atoms with E-state index >= 15 is 0 Å². The first kappa shape index (κ1) is 17.7. The molecule has 24 heavy (non-hydrogen) atoms. The molecule has 2 saturated carbocycles. The molecule has 1 saturated heterocycles. The van der Waals surface area contributed by atoms with Crippen LogP contribution in [0.15, 0.2) is 0 Å². The molecule has 1 aliphatic heterocycles. The third-order valence-corrected chi connectivity index (χ3v) is 5.97. The SMILES string of the molecule is CO[C@H]1C[C@@H](C(N)=O)N(CC(=O)N(C2CCC(C)CC2)C2CC2)C1. The lowest BCUT2D eigenvalue weighted by molar-refractivity contribution is -0.137. The molecular formula is C18H31N3O3. The average Bonchev–Trinajstić information content (AvgIpc) is 3.29. The first-order chi connectivity index (χ1) is 11.5. The zero-order chi connectivity index (χ0) is 17.3. The van der Waals surface area contributed by atoms with Crippen LogP contribution >= 0.6 is 0 Å². The fourth-order valence-electron chi connectivity index (χ4n) is 4.34. The van der Waals surface area contributed by atoms with E-state index in [1.54, 1.807) is 7.11 Å². The highest BCUT2D eigenvalue weighted by Crippen LogP contribution is 2.35. The fraction of sp³-hybridized carbons (Fsp3) is 0.889. The maximum Gasteiger partial charge on any atom is 0.237 e. The van der Waals surface area contributed by atoms with Gasteiger partial charge < -0.3 is 15.4 Å². The third kappa shape index (κ3) is 3.91. The van der Waals surface area contributed by atoms with E-state index < -0.39 is 0 Å². The Morgan fingerprint density at radius 1 is 1.12 bits per heavy atom. The van der Waals surface area contributed by atoms with Gasteiger partial charge in [0, 0.05) is 25.7 Å². The number of hydrogen-bond donors (Lipinski definition) is 1. The molecule has 0 aromatic rings. The number of hydrogen-bond acceptors (Lipinski definition) is 4. The number of ether oxygens (including phenoxy) is 1. The van der Waals surface area contributed by atoms with E-state index in [1.807, 2.05) is 4.90 Å². The molecule has 2 amide bonds. The van der Waals surface area contributed by atoms with Gasteiger partial charge in [0.15, 0.2) is 0 Å². The average molecular weight is 337 g/mol. The Labute approximate surface area is 144 Å². The molecule has 2 atom stereocenters. The van der Waals surface area contributed by atoms with Crippen molar-refractivity contribution < 1.29 is 14.3 Å². The maximum atomic E-state index is 13.0. The van der Waals surface area contributed by atoms with Crippen molar-refractivity contribution in [2.75, 3.05) is 20.2 Å². The zero-order valence-corrected chi connectivity index (χ0v) is 14.9. The predicted molar refractivity (Wildman–Crippen MR) is 91.3 cm³/mol. The molecule has 1 heterocycles. The largest absolute Gasteiger partial charge is 0.380 e. The van der Waals surface area contributed by atoms with Crippen LogP contribution in [-0.4, -0.2) is 66.0 Å². The Morgan fingerprint density at radius 3 is 2.21 bits per heavy atom. The number of rotatable bonds is 6. The van der Waals surface area contributed by atoms with Crippen molar-refractivity contribution in [2.24, 2.45) is 11.7 Å². The van der Waals surface area contributed by atoms with Crippen molar-refractivity contribution in [3.63, 3.8) is 0 Å². The summed E-state index contributed by atoms with van der Waals surface area (Å²) < 4.78 is 5.38. The van der Waals surface area contributed by atoms with E-state index in [1.165, 1.54) is 12.8 Å². The minimum Gasteiger partial charge on any atom is -0.380 e. The van der Waals surface area contributed by atoms with E-state index in [-0.39, 0.29) is 30.5 Å². The highest BCUT2D eigenvalue weighted by atomic mass is 16.5. The van der Waals surface area contributed by atoms with Crippen LogP contribution in [0, 0.1) is 5.92 Å². The second kappa shape index (κ2) is 7.40. The quantitative estimate of drug-likeness (QED) is 0.788. The fourth-order valence-corrected chi connectivity index (χ4v) is 4.34. The van der Waals surface area contributed by atoms with Crippen molar-refractivity contribution in [2.45, 2.75) is 76.1 Å². The molecular weight excluding hydrogens is 306 g/mol. The summed E-state index contributed by atoms with van der Waals surface area (Å²) in [5, 5.41) is 0. The molecule has 0 spiro atoms. The van der Waals surface area contributed by atoms with Gasteiger partial charge in [0.05, 0.1) is 18.7 Å². The van der Waals surface area contributed by atoms with Crippen LogP contribution in [0.1, 0.15) is 51.9 Å². The zero-order valence-electron chi connectivity index (χ0n) is 14.9. The van der Waals surface area contributed by atoms with Crippen molar-refractivity contribution in [1.29, 1.82) is 0 Å². The maximum absolute atomic E-state index is 13.0. The summed E-state index contributed by atoms with van der Waals surface area (Å²) >= 11 is 0. The summed E-state index contributed by atoms with van der Waals surface area (Å²) in [4.78, 5) is 28.8. The Morgan fingerprint density at radius 2 is 1.71 bits per heavy atom. The number of likely N-dealkylation sites (tertiary alicyclic amines) is 1. The molecule has 0 aromatic carbocycles. The summed E-state index contributed by atoms with van der Waals surface area (Å²) in [6, 6.07) is 0.421. The first-order valence-corrected chi connectivity index (χ1v) is 9.37. The van der Waals surface area contributed by atoms with Gasteiger partial charge >= 0.3 is 0 Å². The van der Waals surface area contributed by atoms with Crippen molar-refractivity contribution in [1.82, 2.24) is 9.80 Å². The molecule has 2 N–H and O–H groups in total. The molecule has 3 aliphatic rings. The Bertz CT molecular complexity index is 472. The number of methoxy groups -OCH3 is 1. The van der Waals surface area contributed by atoms with E-state index in [2.05, 4.69) is 11.8 Å². The van der Waals surface area contributed by atoms with Crippen molar-refractivity contribution in [3.05, 3.63) is 0 Å². The Kier molecular flexibility index (Phi) is 5.45. The molecule has 3 fully saturated rings. The second-order valence-electron chi connectivity index (χ2n) is 7.89. The second-order valence-corrected chi connectivity index (χ2v) is 7.89. The normalized spacial score (nSPS) is 34.2. The van der Waals surface area contributed by atoms with E-state index in [4.69, 9.17) is 10.5 Å². The van der Waals surface area contributed by atoms with Gasteiger partial charge in [-0.2, -0.15) is 0 Å². The number of amides is 2. The van der Waals surface area contributed by atoms with Gasteiger partial charge in [-0.05, 0) is 50.9 Å². The van der Waals surface area contributed by atoms with Crippen LogP contribution in [0.25, 0.3) is 0 Å². The lowest BCUT2D eigenvalue weighted by atomic mass is 9.86. The molecule has 0 bridgehead atoms. The number of carbonyl (C=O) groups is 2. The Balaban J connectivity index is 1.64. The molecule has 136 valence electrons. The van der Waals surface area contributed by atoms with E-state index in [0.29, 0.717) is 25.0 Å². The third-order valence-electron chi connectivity index (χ3n) is 5.97. The first-order valence-electron chi connectivity index (χ1n) is 9.37. The lowest BCUT2D eigenvalue weighted by Gasteiger charge is -2.37. The van der Waals surface area contributed by atoms with E-state index in [0.717, 1.165) is 31.6 Å². The minimum absolute atomic E-state index is 0.0137. The van der Waals surface area contributed by atoms with Gasteiger partial charge in [0.25, 0.3) is 0 Å². The summed E-state index contributed by atoms with van der Waals surface area (Å²) in [6.45, 7) is 3.19. The molecule has 3 rings (SSSR count). The van der Waals surface area contributed by atoms with Gasteiger partial charge in [-0.15, -0.1) is 0 Å².